The highest BCUT2D eigenvalue weighted by atomic mass is 16.5. The first-order valence-electron chi connectivity index (χ1n) is 12.6. The third-order valence-corrected chi connectivity index (χ3v) is 7.34. The summed E-state index contributed by atoms with van der Waals surface area (Å²) >= 11 is 0. The fourth-order valence-corrected chi connectivity index (χ4v) is 5.33. The first-order chi connectivity index (χ1) is 16.4. The van der Waals surface area contributed by atoms with Gasteiger partial charge in [0.1, 0.15) is 5.66 Å². The fourth-order valence-electron chi connectivity index (χ4n) is 5.33. The lowest BCUT2D eigenvalue weighted by Crippen LogP contribution is -2.58. The molecule has 1 atom stereocenters. The summed E-state index contributed by atoms with van der Waals surface area (Å²) in [6, 6.07) is 14.4. The van der Waals surface area contributed by atoms with Gasteiger partial charge in [-0.1, -0.05) is 83.2 Å². The average Bonchev–Trinajstić information content (AvgIpc) is 3.27. The second kappa shape index (κ2) is 10.1. The smallest absolute Gasteiger partial charge is 0.241 e. The molecule has 34 heavy (non-hydrogen) atoms. The number of hydrogen-bond acceptors (Lipinski definition) is 4. The molecule has 0 aromatic heterocycles. The van der Waals surface area contributed by atoms with Crippen LogP contribution in [0.3, 0.4) is 0 Å². The molecule has 2 aromatic rings. The van der Waals surface area contributed by atoms with Gasteiger partial charge in [-0.25, -0.2) is 0 Å². The number of carbonyl (C=O) groups is 1. The molecule has 2 aliphatic rings. The van der Waals surface area contributed by atoms with Gasteiger partial charge in [0, 0.05) is 11.1 Å². The second-order valence-corrected chi connectivity index (χ2v) is 9.90. The van der Waals surface area contributed by atoms with Crippen molar-refractivity contribution in [3.05, 3.63) is 59.7 Å². The van der Waals surface area contributed by atoms with Crippen molar-refractivity contribution in [1.29, 1.82) is 0 Å². The largest absolute Gasteiger partial charge is 0.493 e. The van der Waals surface area contributed by atoms with Gasteiger partial charge in [-0.3, -0.25) is 4.79 Å². The van der Waals surface area contributed by atoms with Crippen molar-refractivity contribution in [2.24, 2.45) is 0 Å². The number of ether oxygens (including phenoxy) is 2. The van der Waals surface area contributed by atoms with Gasteiger partial charge >= 0.3 is 0 Å². The van der Waals surface area contributed by atoms with E-state index in [1.807, 2.05) is 24.3 Å². The van der Waals surface area contributed by atoms with Crippen molar-refractivity contribution in [3.8, 4) is 11.5 Å². The van der Waals surface area contributed by atoms with Crippen molar-refractivity contribution in [3.63, 3.8) is 0 Å². The van der Waals surface area contributed by atoms with Gasteiger partial charge < -0.3 is 19.7 Å². The highest BCUT2D eigenvalue weighted by Crippen LogP contribution is 2.52. The van der Waals surface area contributed by atoms with Crippen molar-refractivity contribution >= 4 is 17.7 Å². The number of carbonyl (C=O) groups excluding carboxylic acids is 1. The Hall–Kier alpha value is -2.95. The number of para-hydroxylation sites is 1. The van der Waals surface area contributed by atoms with E-state index < -0.39 is 5.66 Å². The molecule has 0 saturated carbocycles. The monoisotopic (exact) mass is 462 g/mol. The van der Waals surface area contributed by atoms with Crippen LogP contribution < -0.4 is 19.7 Å². The summed E-state index contributed by atoms with van der Waals surface area (Å²) in [5.74, 6) is 1.55. The van der Waals surface area contributed by atoms with E-state index in [0.29, 0.717) is 13.2 Å². The number of methoxy groups -OCH3 is 1. The molecule has 5 nitrogen and oxygen atoms in total. The first kappa shape index (κ1) is 24.2. The molecule has 0 unspecified atom stereocenters. The highest BCUT2D eigenvalue weighted by Gasteiger charge is 2.59. The zero-order valence-corrected chi connectivity index (χ0v) is 21.0. The SMILES string of the molecule is CCCCCCCCOc1ccc(/C=C/[C@]23NC(=O)CN2c2ccccc2C3(C)C)cc1OC. The lowest BCUT2D eigenvalue weighted by molar-refractivity contribution is -0.118. The van der Waals surface area contributed by atoms with E-state index >= 15 is 0 Å². The van der Waals surface area contributed by atoms with E-state index in [-0.39, 0.29) is 11.3 Å². The normalized spacial score (nSPS) is 20.4. The summed E-state index contributed by atoms with van der Waals surface area (Å²) in [4.78, 5) is 14.7. The number of nitrogens with zero attached hydrogens (tertiary/aromatic N) is 1. The summed E-state index contributed by atoms with van der Waals surface area (Å²) in [6.07, 6.45) is 11.6. The number of nitrogens with one attached hydrogen (secondary N) is 1. The molecule has 0 aliphatic carbocycles. The molecular formula is C29H38N2O3. The van der Waals surface area contributed by atoms with Crippen molar-refractivity contribution in [1.82, 2.24) is 5.32 Å². The lowest BCUT2D eigenvalue weighted by atomic mass is 9.75. The number of rotatable bonds is 11. The molecule has 2 aromatic carbocycles. The Morgan fingerprint density at radius 2 is 1.79 bits per heavy atom. The summed E-state index contributed by atoms with van der Waals surface area (Å²) in [7, 11) is 1.68. The Kier molecular flexibility index (Phi) is 7.20. The Bertz CT molecular complexity index is 1050. The highest BCUT2D eigenvalue weighted by molar-refractivity contribution is 5.91. The van der Waals surface area contributed by atoms with Crippen molar-refractivity contribution < 1.29 is 14.3 Å². The summed E-state index contributed by atoms with van der Waals surface area (Å²) < 4.78 is 11.6. The minimum atomic E-state index is -0.603. The van der Waals surface area contributed by atoms with E-state index in [1.165, 1.54) is 37.7 Å². The number of benzene rings is 2. The predicted molar refractivity (Wildman–Crippen MR) is 139 cm³/mol. The Morgan fingerprint density at radius 1 is 1.03 bits per heavy atom. The van der Waals surface area contributed by atoms with Crippen LogP contribution in [0.15, 0.2) is 48.5 Å². The Labute approximate surface area is 204 Å². The fraction of sp³-hybridized carbons (Fsp3) is 0.483. The number of unbranched alkanes of at least 4 members (excludes halogenated alkanes) is 5. The van der Waals surface area contributed by atoms with Crippen LogP contribution in [-0.4, -0.2) is 31.8 Å². The maximum Gasteiger partial charge on any atom is 0.241 e. The molecule has 2 heterocycles. The molecule has 1 N–H and O–H groups in total. The molecule has 0 radical (unpaired) electrons. The zero-order chi connectivity index (χ0) is 24.2. The molecule has 182 valence electrons. The molecule has 1 saturated heterocycles. The molecule has 2 aliphatic heterocycles. The van der Waals surface area contributed by atoms with Crippen LogP contribution in [0.5, 0.6) is 11.5 Å². The van der Waals surface area contributed by atoms with Gasteiger partial charge in [0.2, 0.25) is 5.91 Å². The summed E-state index contributed by atoms with van der Waals surface area (Å²) in [5, 5.41) is 3.27. The molecule has 5 heteroatoms. The van der Waals surface area contributed by atoms with Gasteiger partial charge in [0.25, 0.3) is 0 Å². The van der Waals surface area contributed by atoms with Crippen molar-refractivity contribution in [2.45, 2.75) is 70.4 Å². The average molecular weight is 463 g/mol. The molecule has 4 rings (SSSR count). The van der Waals surface area contributed by atoms with Gasteiger partial charge in [-0.05, 0) is 41.8 Å². The summed E-state index contributed by atoms with van der Waals surface area (Å²) in [6.45, 7) is 7.69. The molecular weight excluding hydrogens is 424 g/mol. The zero-order valence-electron chi connectivity index (χ0n) is 21.0. The second-order valence-electron chi connectivity index (χ2n) is 9.90. The number of fused-ring (bicyclic) bond motifs is 3. The standard InChI is InChI=1S/C29H38N2O3/c1-5-6-7-8-9-12-19-34-25-16-15-22(20-26(25)33-4)17-18-29-28(2,3)23-13-10-11-14-24(23)31(29)21-27(32)30-29/h10-11,13-18,20H,5-9,12,19,21H2,1-4H3,(H,30,32)/b18-17+/t29-/m0/s1. The van der Waals surface area contributed by atoms with Gasteiger partial charge in [0.15, 0.2) is 11.5 Å². The van der Waals surface area contributed by atoms with Crippen LogP contribution in [0.2, 0.25) is 0 Å². The van der Waals surface area contributed by atoms with E-state index in [1.54, 1.807) is 7.11 Å². The molecule has 0 spiro atoms. The van der Waals surface area contributed by atoms with E-state index in [2.05, 4.69) is 61.3 Å². The lowest BCUT2D eigenvalue weighted by Gasteiger charge is -2.40. The van der Waals surface area contributed by atoms with Crippen LogP contribution in [0.4, 0.5) is 5.69 Å². The first-order valence-corrected chi connectivity index (χ1v) is 12.6. The van der Waals surface area contributed by atoms with E-state index in [4.69, 9.17) is 9.47 Å². The van der Waals surface area contributed by atoms with E-state index in [9.17, 15) is 4.79 Å². The van der Waals surface area contributed by atoms with Crippen LogP contribution in [-0.2, 0) is 10.2 Å². The van der Waals surface area contributed by atoms with Crippen molar-refractivity contribution in [2.75, 3.05) is 25.2 Å². The maximum atomic E-state index is 12.5. The van der Waals surface area contributed by atoms with Crippen LogP contribution in [0.25, 0.3) is 6.08 Å². The van der Waals surface area contributed by atoms with Gasteiger partial charge in [0.05, 0.1) is 20.3 Å². The summed E-state index contributed by atoms with van der Waals surface area (Å²) in [5.41, 5.74) is 2.48. The van der Waals surface area contributed by atoms with Crippen LogP contribution in [0, 0.1) is 0 Å². The van der Waals surface area contributed by atoms with Crippen LogP contribution >= 0.6 is 0 Å². The minimum Gasteiger partial charge on any atom is -0.493 e. The Morgan fingerprint density at radius 3 is 2.59 bits per heavy atom. The van der Waals surface area contributed by atoms with Crippen LogP contribution in [0.1, 0.15) is 70.4 Å². The number of hydrogen-bond donors (Lipinski definition) is 1. The third-order valence-electron chi connectivity index (χ3n) is 7.34. The third kappa shape index (κ3) is 4.40. The number of amides is 1. The molecule has 0 bridgehead atoms. The quantitative estimate of drug-likeness (QED) is 0.412. The maximum absolute atomic E-state index is 12.5. The van der Waals surface area contributed by atoms with Gasteiger partial charge in [-0.2, -0.15) is 0 Å². The molecule has 1 fully saturated rings. The topological polar surface area (TPSA) is 50.8 Å². The predicted octanol–water partition coefficient (Wildman–Crippen LogP) is 6.07. The Balaban J connectivity index is 1.48. The molecule has 1 amide bonds. The minimum absolute atomic E-state index is 0.0447. The van der Waals surface area contributed by atoms with Gasteiger partial charge in [-0.15, -0.1) is 0 Å². The van der Waals surface area contributed by atoms with E-state index in [0.717, 1.165) is 29.2 Å². The number of anilines is 1.